The molecule has 0 amide bonds. The van der Waals surface area contributed by atoms with Gasteiger partial charge in [0.2, 0.25) is 5.75 Å². The lowest BCUT2D eigenvalue weighted by molar-refractivity contribution is -0.276. The van der Waals surface area contributed by atoms with Gasteiger partial charge in [-0.1, -0.05) is 56.9 Å². The fraction of sp³-hybridized carbons (Fsp3) is 0.400. The summed E-state index contributed by atoms with van der Waals surface area (Å²) < 4.78 is 98.6. The molecule has 204 valence electrons. The highest BCUT2D eigenvalue weighted by molar-refractivity contribution is 5.72. The Kier molecular flexibility index (Phi) is 8.68. The molecule has 4 rings (SSSR count). The van der Waals surface area contributed by atoms with Crippen molar-refractivity contribution in [1.29, 1.82) is 0 Å². The van der Waals surface area contributed by atoms with E-state index in [0.717, 1.165) is 30.9 Å². The van der Waals surface area contributed by atoms with Crippen molar-refractivity contribution in [3.05, 3.63) is 77.4 Å². The van der Waals surface area contributed by atoms with Crippen molar-refractivity contribution in [1.82, 2.24) is 0 Å². The van der Waals surface area contributed by atoms with Crippen LogP contribution in [0.15, 0.2) is 48.5 Å². The molecule has 1 aliphatic rings. The van der Waals surface area contributed by atoms with E-state index in [1.54, 1.807) is 12.1 Å². The first-order chi connectivity index (χ1) is 18.1. The van der Waals surface area contributed by atoms with Crippen molar-refractivity contribution >= 4 is 0 Å². The summed E-state index contributed by atoms with van der Waals surface area (Å²) in [7, 11) is 0. The molecule has 0 N–H and O–H groups in total. The van der Waals surface area contributed by atoms with Crippen molar-refractivity contribution in [3.63, 3.8) is 0 Å². The van der Waals surface area contributed by atoms with Crippen LogP contribution in [0.25, 0.3) is 22.3 Å². The summed E-state index contributed by atoms with van der Waals surface area (Å²) in [5.74, 6) is -6.11. The van der Waals surface area contributed by atoms with E-state index in [9.17, 15) is 30.7 Å². The predicted molar refractivity (Wildman–Crippen MR) is 133 cm³/mol. The van der Waals surface area contributed by atoms with Gasteiger partial charge in [0.25, 0.3) is 0 Å². The third-order valence-electron chi connectivity index (χ3n) is 7.32. The molecule has 1 aliphatic carbocycles. The van der Waals surface area contributed by atoms with Gasteiger partial charge in [0.05, 0.1) is 5.56 Å². The summed E-state index contributed by atoms with van der Waals surface area (Å²) in [4.78, 5) is 0. The summed E-state index contributed by atoms with van der Waals surface area (Å²) in [6.45, 7) is 2.21. The molecule has 0 atom stereocenters. The largest absolute Gasteiger partial charge is 0.573 e. The molecule has 0 bridgehead atoms. The minimum atomic E-state index is -5.33. The van der Waals surface area contributed by atoms with Crippen molar-refractivity contribution in [2.45, 2.75) is 70.6 Å². The Bertz CT molecular complexity index is 1200. The molecule has 3 aromatic rings. The van der Waals surface area contributed by atoms with E-state index in [0.29, 0.717) is 23.6 Å². The van der Waals surface area contributed by atoms with Gasteiger partial charge in [0.1, 0.15) is 11.6 Å². The number of ether oxygens (including phenoxy) is 1. The van der Waals surface area contributed by atoms with E-state index < -0.39 is 46.5 Å². The Balaban J connectivity index is 1.49. The second-order valence-corrected chi connectivity index (χ2v) is 9.97. The average Bonchev–Trinajstić information content (AvgIpc) is 2.86. The van der Waals surface area contributed by atoms with Gasteiger partial charge in [-0.3, -0.25) is 0 Å². The molecule has 0 unspecified atom stereocenters. The molecule has 0 aromatic heterocycles. The van der Waals surface area contributed by atoms with Crippen LogP contribution < -0.4 is 4.74 Å². The lowest BCUT2D eigenvalue weighted by atomic mass is 9.77. The highest BCUT2D eigenvalue weighted by Gasteiger charge is 2.34. The fourth-order valence-corrected chi connectivity index (χ4v) is 5.35. The molecule has 1 nitrogen and oxygen atoms in total. The molecule has 0 spiro atoms. The smallest absolute Gasteiger partial charge is 0.399 e. The van der Waals surface area contributed by atoms with Gasteiger partial charge >= 0.3 is 6.36 Å². The van der Waals surface area contributed by atoms with Crippen molar-refractivity contribution < 1.29 is 35.5 Å². The summed E-state index contributed by atoms with van der Waals surface area (Å²) in [5.41, 5.74) is 0.644. The molecule has 38 heavy (non-hydrogen) atoms. The van der Waals surface area contributed by atoms with E-state index in [4.69, 9.17) is 0 Å². The van der Waals surface area contributed by atoms with Crippen molar-refractivity contribution in [3.8, 4) is 28.0 Å². The van der Waals surface area contributed by atoms with E-state index in [1.807, 2.05) is 12.1 Å². The standard InChI is InChI=1S/C30H29F7O/c1-2-3-4-5-18-6-8-19(9-7-18)20-10-12-21(13-11-20)22-14-24(31)28(25(32)15-22)23-16-26(33)29(27(34)17-23)38-30(35,36)37/h10-19H,2-9H2,1H3. The number of hydrogen-bond acceptors (Lipinski definition) is 1. The minimum Gasteiger partial charge on any atom is -0.399 e. The summed E-state index contributed by atoms with van der Waals surface area (Å²) in [5, 5.41) is 0. The Morgan fingerprint density at radius 3 is 1.79 bits per heavy atom. The van der Waals surface area contributed by atoms with Crippen molar-refractivity contribution in [2.24, 2.45) is 5.92 Å². The van der Waals surface area contributed by atoms with Gasteiger partial charge in [-0.25, -0.2) is 17.6 Å². The maximum Gasteiger partial charge on any atom is 0.573 e. The monoisotopic (exact) mass is 538 g/mol. The SMILES string of the molecule is CCCCCC1CCC(c2ccc(-c3cc(F)c(-c4cc(F)c(OC(F)(F)F)c(F)c4)c(F)c3)cc2)CC1. The minimum absolute atomic E-state index is 0.230. The van der Waals surface area contributed by atoms with Crippen LogP contribution in [0.2, 0.25) is 0 Å². The zero-order chi connectivity index (χ0) is 27.4. The summed E-state index contributed by atoms with van der Waals surface area (Å²) >= 11 is 0. The first kappa shape index (κ1) is 28.0. The highest BCUT2D eigenvalue weighted by Crippen LogP contribution is 2.39. The van der Waals surface area contributed by atoms with Crippen LogP contribution in [0.3, 0.4) is 0 Å². The predicted octanol–water partition coefficient (Wildman–Crippen LogP) is 10.3. The molecule has 0 heterocycles. The molecule has 3 aromatic carbocycles. The number of unbranched alkanes of at least 4 members (excludes halogenated alkanes) is 2. The molecular weight excluding hydrogens is 509 g/mol. The zero-order valence-electron chi connectivity index (χ0n) is 21.0. The van der Waals surface area contributed by atoms with Gasteiger partial charge in [0.15, 0.2) is 11.6 Å². The van der Waals surface area contributed by atoms with Gasteiger partial charge in [-0.2, -0.15) is 0 Å². The maximum atomic E-state index is 14.9. The normalized spacial score (nSPS) is 18.0. The number of benzene rings is 3. The van der Waals surface area contributed by atoms with E-state index in [2.05, 4.69) is 11.7 Å². The highest BCUT2D eigenvalue weighted by atomic mass is 19.4. The van der Waals surface area contributed by atoms with Gasteiger partial charge in [-0.15, -0.1) is 13.2 Å². The summed E-state index contributed by atoms with van der Waals surface area (Å²) in [6, 6.07) is 10.4. The van der Waals surface area contributed by atoms with Gasteiger partial charge in [-0.05, 0) is 84.0 Å². The second-order valence-electron chi connectivity index (χ2n) is 9.97. The van der Waals surface area contributed by atoms with Gasteiger partial charge in [0, 0.05) is 0 Å². The molecule has 8 heteroatoms. The Morgan fingerprint density at radius 1 is 0.711 bits per heavy atom. The summed E-state index contributed by atoms with van der Waals surface area (Å²) in [6.07, 6.45) is 4.40. The van der Waals surface area contributed by atoms with Crippen molar-refractivity contribution in [2.75, 3.05) is 0 Å². The van der Waals surface area contributed by atoms with Gasteiger partial charge < -0.3 is 4.74 Å². The number of alkyl halides is 3. The topological polar surface area (TPSA) is 9.23 Å². The Morgan fingerprint density at radius 2 is 1.26 bits per heavy atom. The second kappa shape index (κ2) is 11.8. The van der Waals surface area contributed by atoms with Crippen LogP contribution in [-0.4, -0.2) is 6.36 Å². The Hall–Kier alpha value is -3.03. The number of rotatable bonds is 8. The number of halogens is 7. The average molecular weight is 539 g/mol. The molecular formula is C30H29F7O. The quantitative estimate of drug-likeness (QED) is 0.205. The van der Waals surface area contributed by atoms with Crippen LogP contribution >= 0.6 is 0 Å². The first-order valence-electron chi connectivity index (χ1n) is 12.9. The lowest BCUT2D eigenvalue weighted by Gasteiger charge is -2.29. The first-order valence-corrected chi connectivity index (χ1v) is 12.9. The van der Waals surface area contributed by atoms with Crippen LogP contribution in [0, 0.1) is 29.2 Å². The van der Waals surface area contributed by atoms with E-state index in [-0.39, 0.29) is 5.56 Å². The lowest BCUT2D eigenvalue weighted by Crippen LogP contribution is -2.19. The van der Waals surface area contributed by atoms with Crippen LogP contribution in [0.1, 0.15) is 69.8 Å². The van der Waals surface area contributed by atoms with E-state index >= 15 is 0 Å². The Labute approximate surface area is 217 Å². The number of hydrogen-bond donors (Lipinski definition) is 0. The third-order valence-corrected chi connectivity index (χ3v) is 7.32. The zero-order valence-corrected chi connectivity index (χ0v) is 21.0. The van der Waals surface area contributed by atoms with E-state index in [1.165, 1.54) is 44.1 Å². The molecule has 1 saturated carbocycles. The molecule has 0 aliphatic heterocycles. The van der Waals surface area contributed by atoms with Crippen LogP contribution in [0.5, 0.6) is 5.75 Å². The third kappa shape index (κ3) is 6.69. The van der Waals surface area contributed by atoms with Crippen LogP contribution in [-0.2, 0) is 0 Å². The molecule has 0 saturated heterocycles. The maximum absolute atomic E-state index is 14.9. The fourth-order valence-electron chi connectivity index (χ4n) is 5.35. The van der Waals surface area contributed by atoms with Crippen LogP contribution in [0.4, 0.5) is 30.7 Å². The molecule has 1 fully saturated rings. The molecule has 0 radical (unpaired) electrons.